The molecule has 0 amide bonds. The van der Waals surface area contributed by atoms with E-state index in [0.717, 1.165) is 18.6 Å². The summed E-state index contributed by atoms with van der Waals surface area (Å²) in [5.74, 6) is 1.19. The van der Waals surface area contributed by atoms with Crippen LogP contribution >= 0.6 is 0 Å². The molecule has 0 saturated carbocycles. The molecule has 2 N–H and O–H groups in total. The van der Waals surface area contributed by atoms with Crippen molar-refractivity contribution in [1.29, 1.82) is 0 Å². The van der Waals surface area contributed by atoms with Gasteiger partial charge in [0.15, 0.2) is 0 Å². The maximum atomic E-state index is 9.70. The van der Waals surface area contributed by atoms with Crippen molar-refractivity contribution in [2.75, 3.05) is 7.11 Å². The second kappa shape index (κ2) is 9.02. The molecule has 1 aromatic carbocycles. The lowest BCUT2D eigenvalue weighted by atomic mass is 9.79. The maximum absolute atomic E-state index is 9.70. The summed E-state index contributed by atoms with van der Waals surface area (Å²) in [7, 11) is 1.00. The predicted molar refractivity (Wildman–Crippen MR) is 87.3 cm³/mol. The van der Waals surface area contributed by atoms with Crippen LogP contribution < -0.4 is 0 Å². The monoisotopic (exact) mass is 280 g/mol. The number of phenols is 1. The molecule has 0 aliphatic heterocycles. The summed E-state index contributed by atoms with van der Waals surface area (Å²) in [5.41, 5.74) is 2.55. The van der Waals surface area contributed by atoms with E-state index >= 15 is 0 Å². The van der Waals surface area contributed by atoms with Crippen LogP contribution in [-0.2, 0) is 5.41 Å². The van der Waals surface area contributed by atoms with Gasteiger partial charge in [0, 0.05) is 7.11 Å². The first-order chi connectivity index (χ1) is 9.31. The molecule has 0 aliphatic carbocycles. The van der Waals surface area contributed by atoms with Crippen molar-refractivity contribution < 1.29 is 10.2 Å². The fourth-order valence-corrected chi connectivity index (χ4v) is 2.42. The SMILES string of the molecule is CO.Cc1cc(O)cc(C(C)(C)CCCCC(C)C)c1. The van der Waals surface area contributed by atoms with Crippen LogP contribution in [0.15, 0.2) is 18.2 Å². The van der Waals surface area contributed by atoms with Crippen molar-refractivity contribution in [2.24, 2.45) is 5.92 Å². The Balaban J connectivity index is 0.00000172. The highest BCUT2D eigenvalue weighted by Gasteiger charge is 2.20. The van der Waals surface area contributed by atoms with E-state index in [1.165, 1.54) is 31.2 Å². The molecule has 1 aromatic rings. The zero-order chi connectivity index (χ0) is 15.8. The van der Waals surface area contributed by atoms with E-state index in [9.17, 15) is 5.11 Å². The molecule has 2 heteroatoms. The lowest BCUT2D eigenvalue weighted by Crippen LogP contribution is -2.17. The predicted octanol–water partition coefficient (Wildman–Crippen LogP) is 4.80. The number of aliphatic hydroxyl groups is 1. The van der Waals surface area contributed by atoms with Crippen molar-refractivity contribution >= 4 is 0 Å². The Morgan fingerprint density at radius 2 is 1.65 bits per heavy atom. The molecule has 0 saturated heterocycles. The van der Waals surface area contributed by atoms with Crippen LogP contribution in [0.5, 0.6) is 5.75 Å². The van der Waals surface area contributed by atoms with Gasteiger partial charge in [0.05, 0.1) is 0 Å². The molecule has 0 bridgehead atoms. The highest BCUT2D eigenvalue weighted by atomic mass is 16.3. The van der Waals surface area contributed by atoms with Gasteiger partial charge in [-0.2, -0.15) is 0 Å². The highest BCUT2D eigenvalue weighted by molar-refractivity contribution is 5.36. The van der Waals surface area contributed by atoms with Gasteiger partial charge < -0.3 is 10.2 Å². The average molecular weight is 280 g/mol. The zero-order valence-corrected chi connectivity index (χ0v) is 14.0. The van der Waals surface area contributed by atoms with Crippen molar-refractivity contribution in [3.05, 3.63) is 29.3 Å². The molecule has 116 valence electrons. The van der Waals surface area contributed by atoms with Gasteiger partial charge in [-0.1, -0.05) is 53.0 Å². The Labute approximate surface area is 124 Å². The van der Waals surface area contributed by atoms with Gasteiger partial charge in [-0.3, -0.25) is 0 Å². The molecular formula is C18H32O2. The first kappa shape index (κ1) is 19.0. The van der Waals surface area contributed by atoms with Gasteiger partial charge in [0.2, 0.25) is 0 Å². The third kappa shape index (κ3) is 6.95. The van der Waals surface area contributed by atoms with Gasteiger partial charge >= 0.3 is 0 Å². The quantitative estimate of drug-likeness (QED) is 0.735. The number of phenolic OH excluding ortho intramolecular Hbond substituents is 1. The smallest absolute Gasteiger partial charge is 0.116 e. The van der Waals surface area contributed by atoms with Crippen molar-refractivity contribution in [1.82, 2.24) is 0 Å². The summed E-state index contributed by atoms with van der Waals surface area (Å²) in [5, 5.41) is 16.7. The van der Waals surface area contributed by atoms with Crippen molar-refractivity contribution in [3.8, 4) is 5.75 Å². The molecule has 0 aliphatic rings. The summed E-state index contributed by atoms with van der Waals surface area (Å²) in [6, 6.07) is 5.93. The minimum atomic E-state index is 0.153. The third-order valence-electron chi connectivity index (χ3n) is 3.68. The first-order valence-electron chi connectivity index (χ1n) is 7.57. The lowest BCUT2D eigenvalue weighted by molar-refractivity contribution is 0.399. The van der Waals surface area contributed by atoms with Crippen LogP contribution in [0.2, 0.25) is 0 Å². The number of aromatic hydroxyl groups is 1. The number of hydrogen-bond acceptors (Lipinski definition) is 2. The molecule has 0 aromatic heterocycles. The lowest BCUT2D eigenvalue weighted by Gasteiger charge is -2.26. The van der Waals surface area contributed by atoms with Crippen molar-refractivity contribution in [3.63, 3.8) is 0 Å². The van der Waals surface area contributed by atoms with E-state index in [1.54, 1.807) is 0 Å². The summed E-state index contributed by atoms with van der Waals surface area (Å²) in [4.78, 5) is 0. The van der Waals surface area contributed by atoms with Gasteiger partial charge in [-0.15, -0.1) is 0 Å². The third-order valence-corrected chi connectivity index (χ3v) is 3.68. The molecule has 0 heterocycles. The van der Waals surface area contributed by atoms with E-state index in [2.05, 4.69) is 33.8 Å². The fourth-order valence-electron chi connectivity index (χ4n) is 2.42. The Morgan fingerprint density at radius 3 is 2.15 bits per heavy atom. The highest BCUT2D eigenvalue weighted by Crippen LogP contribution is 2.32. The number of hydrogen-bond donors (Lipinski definition) is 2. The average Bonchev–Trinajstić information content (AvgIpc) is 2.36. The van der Waals surface area contributed by atoms with Crippen LogP contribution in [-0.4, -0.2) is 17.3 Å². The van der Waals surface area contributed by atoms with E-state index in [4.69, 9.17) is 5.11 Å². The molecule has 2 nitrogen and oxygen atoms in total. The molecule has 0 radical (unpaired) electrons. The van der Waals surface area contributed by atoms with Gasteiger partial charge in [-0.25, -0.2) is 0 Å². The minimum Gasteiger partial charge on any atom is -0.508 e. The molecule has 1 rings (SSSR count). The summed E-state index contributed by atoms with van der Waals surface area (Å²) in [6.45, 7) is 11.2. The van der Waals surface area contributed by atoms with E-state index < -0.39 is 0 Å². The maximum Gasteiger partial charge on any atom is 0.116 e. The first-order valence-corrected chi connectivity index (χ1v) is 7.57. The van der Waals surface area contributed by atoms with Crippen LogP contribution in [0.1, 0.15) is 64.5 Å². The van der Waals surface area contributed by atoms with Crippen molar-refractivity contribution in [2.45, 2.75) is 65.7 Å². The number of aryl methyl sites for hydroxylation is 1. The van der Waals surface area contributed by atoms with Crippen LogP contribution in [0.3, 0.4) is 0 Å². The van der Waals surface area contributed by atoms with Gasteiger partial charge in [0.1, 0.15) is 5.75 Å². The number of rotatable bonds is 6. The summed E-state index contributed by atoms with van der Waals surface area (Å²) in [6.07, 6.45) is 5.07. The Bertz CT molecular complexity index is 361. The summed E-state index contributed by atoms with van der Waals surface area (Å²) >= 11 is 0. The Kier molecular flexibility index (Phi) is 8.56. The normalized spacial score (nSPS) is 11.2. The number of aliphatic hydroxyl groups excluding tert-OH is 1. The van der Waals surface area contributed by atoms with Crippen LogP contribution in [0.4, 0.5) is 0 Å². The second-order valence-corrected chi connectivity index (χ2v) is 6.58. The molecule has 0 fully saturated rings. The fraction of sp³-hybridized carbons (Fsp3) is 0.667. The largest absolute Gasteiger partial charge is 0.508 e. The van der Waals surface area contributed by atoms with E-state index in [1.807, 2.05) is 19.1 Å². The van der Waals surface area contributed by atoms with E-state index in [-0.39, 0.29) is 5.41 Å². The van der Waals surface area contributed by atoms with Gasteiger partial charge in [0.25, 0.3) is 0 Å². The summed E-state index contributed by atoms with van der Waals surface area (Å²) < 4.78 is 0. The minimum absolute atomic E-state index is 0.153. The topological polar surface area (TPSA) is 40.5 Å². The van der Waals surface area contributed by atoms with Gasteiger partial charge in [-0.05, 0) is 47.9 Å². The molecule has 0 unspecified atom stereocenters. The van der Waals surface area contributed by atoms with Crippen LogP contribution in [0, 0.1) is 12.8 Å². The number of benzene rings is 1. The van der Waals surface area contributed by atoms with Crippen LogP contribution in [0.25, 0.3) is 0 Å². The molecule has 20 heavy (non-hydrogen) atoms. The molecule has 0 atom stereocenters. The molecular weight excluding hydrogens is 248 g/mol. The number of unbranched alkanes of at least 4 members (excludes halogenated alkanes) is 1. The van der Waals surface area contributed by atoms with E-state index in [0.29, 0.717) is 5.75 Å². The Hall–Kier alpha value is -1.02. The molecule has 0 spiro atoms. The zero-order valence-electron chi connectivity index (χ0n) is 14.0. The second-order valence-electron chi connectivity index (χ2n) is 6.58. The Morgan fingerprint density at radius 1 is 1.05 bits per heavy atom. The standard InChI is InChI=1S/C17H28O.CH4O/c1-13(2)8-6-7-9-17(4,5)15-10-14(3)11-16(18)12-15;1-2/h10-13,18H,6-9H2,1-5H3;2H,1H3.